The topological polar surface area (TPSA) is 53.4 Å². The normalized spacial score (nSPS) is 11.6. The van der Waals surface area contributed by atoms with Gasteiger partial charge in [-0.15, -0.1) is 0 Å². The zero-order chi connectivity index (χ0) is 25.0. The van der Waals surface area contributed by atoms with Crippen molar-refractivity contribution in [3.8, 4) is 5.75 Å². The lowest BCUT2D eigenvalue weighted by atomic mass is 10.1. The number of fused-ring (bicyclic) bond motifs is 1. The Labute approximate surface area is 204 Å². The van der Waals surface area contributed by atoms with Crippen molar-refractivity contribution in [2.24, 2.45) is 0 Å². The number of hydrogen-bond donors (Lipinski definition) is 0. The van der Waals surface area contributed by atoms with Gasteiger partial charge in [0.15, 0.2) is 5.16 Å². The van der Waals surface area contributed by atoms with Crippen LogP contribution in [0, 0.1) is 0 Å². The fourth-order valence-electron chi connectivity index (χ4n) is 3.60. The second-order valence-corrected chi connectivity index (χ2v) is 8.68. The summed E-state index contributed by atoms with van der Waals surface area (Å²) in [5.41, 5.74) is 2.82. The van der Waals surface area contributed by atoms with Gasteiger partial charge in [-0.1, -0.05) is 36.0 Å². The minimum atomic E-state index is -4.39. The molecule has 5 nitrogen and oxygen atoms in total. The number of carbonyl (C=O) groups excluding carboxylic acids is 1. The van der Waals surface area contributed by atoms with E-state index in [1.165, 1.54) is 23.9 Å². The van der Waals surface area contributed by atoms with Gasteiger partial charge in [0.2, 0.25) is 0 Å². The van der Waals surface area contributed by atoms with Gasteiger partial charge in [-0.05, 0) is 60.5 Å². The van der Waals surface area contributed by atoms with Crippen LogP contribution in [0.1, 0.15) is 34.0 Å². The van der Waals surface area contributed by atoms with Crippen LogP contribution >= 0.6 is 11.8 Å². The molecule has 0 aliphatic rings. The number of hydrogen-bond acceptors (Lipinski definition) is 5. The van der Waals surface area contributed by atoms with Gasteiger partial charge in [0, 0.05) is 5.75 Å². The lowest BCUT2D eigenvalue weighted by Crippen LogP contribution is -2.06. The molecule has 9 heteroatoms. The van der Waals surface area contributed by atoms with Crippen molar-refractivity contribution in [1.29, 1.82) is 0 Å². The highest BCUT2D eigenvalue weighted by Crippen LogP contribution is 2.31. The number of benzene rings is 3. The van der Waals surface area contributed by atoms with E-state index in [1.54, 1.807) is 32.2 Å². The summed E-state index contributed by atoms with van der Waals surface area (Å²) in [6.45, 7) is 2.33. The number of nitrogens with zero attached hydrogens (tertiary/aromatic N) is 2. The smallest absolute Gasteiger partial charge is 0.416 e. The van der Waals surface area contributed by atoms with E-state index in [1.807, 2.05) is 28.8 Å². The highest BCUT2D eigenvalue weighted by atomic mass is 32.2. The third-order valence-corrected chi connectivity index (χ3v) is 6.40. The van der Waals surface area contributed by atoms with Gasteiger partial charge in [-0.2, -0.15) is 13.2 Å². The van der Waals surface area contributed by atoms with Crippen molar-refractivity contribution in [2.75, 3.05) is 13.7 Å². The Morgan fingerprint density at radius 3 is 2.49 bits per heavy atom. The molecule has 3 aromatic carbocycles. The summed E-state index contributed by atoms with van der Waals surface area (Å²) in [4.78, 5) is 16.9. The number of aromatic nitrogens is 2. The van der Waals surface area contributed by atoms with Crippen LogP contribution in [0.5, 0.6) is 5.75 Å². The fraction of sp³-hybridized carbons (Fsp3) is 0.231. The third kappa shape index (κ3) is 5.79. The number of rotatable bonds is 8. The van der Waals surface area contributed by atoms with Gasteiger partial charge < -0.3 is 14.0 Å². The molecule has 0 fully saturated rings. The van der Waals surface area contributed by atoms with Gasteiger partial charge in [-0.3, -0.25) is 0 Å². The molecule has 0 saturated heterocycles. The summed E-state index contributed by atoms with van der Waals surface area (Å²) in [6, 6.07) is 17.9. The maximum absolute atomic E-state index is 13.0. The first-order valence-electron chi connectivity index (χ1n) is 10.9. The predicted molar refractivity (Wildman–Crippen MR) is 129 cm³/mol. The zero-order valence-electron chi connectivity index (χ0n) is 19.1. The van der Waals surface area contributed by atoms with E-state index >= 15 is 0 Å². The van der Waals surface area contributed by atoms with Crippen molar-refractivity contribution >= 4 is 28.8 Å². The molecule has 0 radical (unpaired) electrons. The van der Waals surface area contributed by atoms with E-state index in [4.69, 9.17) is 14.5 Å². The van der Waals surface area contributed by atoms with Gasteiger partial charge in [0.05, 0.1) is 42.4 Å². The number of imidazole rings is 1. The van der Waals surface area contributed by atoms with E-state index in [0.29, 0.717) is 34.1 Å². The molecule has 0 aliphatic heterocycles. The standard InChI is InChI=1S/C26H23F3N2O3S/c1-3-34-24(32)19-9-12-23-22(14-19)30-25(35-16-18-5-4-6-21(13-18)33-2)31(23)15-17-7-10-20(11-8-17)26(27,28)29/h4-14H,3,15-16H2,1-2H3. The van der Waals surface area contributed by atoms with E-state index in [0.717, 1.165) is 29.0 Å². The lowest BCUT2D eigenvalue weighted by Gasteiger charge is -2.11. The molecular weight excluding hydrogens is 477 g/mol. The molecule has 0 N–H and O–H groups in total. The summed E-state index contributed by atoms with van der Waals surface area (Å²) < 4.78 is 51.3. The molecule has 1 heterocycles. The highest BCUT2D eigenvalue weighted by molar-refractivity contribution is 7.98. The number of alkyl halides is 3. The maximum atomic E-state index is 13.0. The maximum Gasteiger partial charge on any atom is 0.416 e. The Bertz CT molecular complexity index is 1330. The second kappa shape index (κ2) is 10.4. The average molecular weight is 501 g/mol. The van der Waals surface area contributed by atoms with Gasteiger partial charge in [0.1, 0.15) is 5.75 Å². The summed E-state index contributed by atoms with van der Waals surface area (Å²) in [5, 5.41) is 0.684. The third-order valence-electron chi connectivity index (χ3n) is 5.35. The second-order valence-electron chi connectivity index (χ2n) is 7.74. The van der Waals surface area contributed by atoms with Crippen LogP contribution < -0.4 is 4.74 Å². The summed E-state index contributed by atoms with van der Waals surface area (Å²) in [6.07, 6.45) is -4.39. The number of ether oxygens (including phenoxy) is 2. The summed E-state index contributed by atoms with van der Waals surface area (Å²) in [7, 11) is 1.61. The average Bonchev–Trinajstić information content (AvgIpc) is 3.19. The van der Waals surface area contributed by atoms with Crippen LogP contribution in [-0.2, 0) is 23.2 Å². The van der Waals surface area contributed by atoms with Crippen molar-refractivity contribution in [3.63, 3.8) is 0 Å². The number of esters is 1. The number of halogens is 3. The molecule has 4 rings (SSSR count). The van der Waals surface area contributed by atoms with E-state index < -0.39 is 17.7 Å². The van der Waals surface area contributed by atoms with E-state index in [9.17, 15) is 18.0 Å². The quantitative estimate of drug-likeness (QED) is 0.202. The van der Waals surface area contributed by atoms with Crippen molar-refractivity contribution in [1.82, 2.24) is 9.55 Å². The first-order valence-corrected chi connectivity index (χ1v) is 11.9. The molecular formula is C26H23F3N2O3S. The molecule has 182 valence electrons. The Kier molecular flexibility index (Phi) is 7.35. The molecule has 0 spiro atoms. The van der Waals surface area contributed by atoms with Crippen molar-refractivity contribution < 1.29 is 27.4 Å². The predicted octanol–water partition coefficient (Wildman–Crippen LogP) is 6.58. The Balaban J connectivity index is 1.68. The Morgan fingerprint density at radius 2 is 1.80 bits per heavy atom. The molecule has 35 heavy (non-hydrogen) atoms. The van der Waals surface area contributed by atoms with E-state index in [-0.39, 0.29) is 6.61 Å². The number of carbonyl (C=O) groups is 1. The van der Waals surface area contributed by atoms with Crippen molar-refractivity contribution in [2.45, 2.75) is 30.6 Å². The summed E-state index contributed by atoms with van der Waals surface area (Å²) >= 11 is 1.50. The number of methoxy groups -OCH3 is 1. The van der Waals surface area contributed by atoms with Crippen LogP contribution in [0.2, 0.25) is 0 Å². The van der Waals surface area contributed by atoms with Gasteiger partial charge >= 0.3 is 12.1 Å². The SMILES string of the molecule is CCOC(=O)c1ccc2c(c1)nc(SCc1cccc(OC)c1)n2Cc1ccc(C(F)(F)F)cc1. The first-order chi connectivity index (χ1) is 16.8. The van der Waals surface area contributed by atoms with Crippen LogP contribution in [0.15, 0.2) is 71.9 Å². The van der Waals surface area contributed by atoms with E-state index in [2.05, 4.69) is 0 Å². The first kappa shape index (κ1) is 24.7. The van der Waals surface area contributed by atoms with Crippen molar-refractivity contribution in [3.05, 3.63) is 89.0 Å². The summed E-state index contributed by atoms with van der Waals surface area (Å²) in [5.74, 6) is 0.927. The Hall–Kier alpha value is -3.46. The molecule has 0 saturated carbocycles. The number of thioether (sulfide) groups is 1. The molecule has 0 unspecified atom stereocenters. The minimum Gasteiger partial charge on any atom is -0.497 e. The molecule has 0 bridgehead atoms. The van der Waals surface area contributed by atoms with Crippen LogP contribution in [-0.4, -0.2) is 29.2 Å². The largest absolute Gasteiger partial charge is 0.497 e. The van der Waals surface area contributed by atoms with Crippen LogP contribution in [0.4, 0.5) is 13.2 Å². The minimum absolute atomic E-state index is 0.265. The van der Waals surface area contributed by atoms with Gasteiger partial charge in [-0.25, -0.2) is 9.78 Å². The van der Waals surface area contributed by atoms with Gasteiger partial charge in [0.25, 0.3) is 0 Å². The molecule has 0 atom stereocenters. The molecule has 0 amide bonds. The Morgan fingerprint density at radius 1 is 1.03 bits per heavy atom. The van der Waals surface area contributed by atoms with Crippen LogP contribution in [0.3, 0.4) is 0 Å². The highest BCUT2D eigenvalue weighted by Gasteiger charge is 2.30. The monoisotopic (exact) mass is 500 g/mol. The molecule has 4 aromatic rings. The fourth-order valence-corrected chi connectivity index (χ4v) is 4.56. The molecule has 0 aliphatic carbocycles. The zero-order valence-corrected chi connectivity index (χ0v) is 19.9. The lowest BCUT2D eigenvalue weighted by molar-refractivity contribution is -0.137. The van der Waals surface area contributed by atoms with Crippen LogP contribution in [0.25, 0.3) is 11.0 Å². The molecule has 1 aromatic heterocycles.